The molecule has 0 aliphatic heterocycles. The van der Waals surface area contributed by atoms with Crippen LogP contribution >= 0.6 is 45.2 Å². The molecule has 0 aliphatic carbocycles. The van der Waals surface area contributed by atoms with Gasteiger partial charge in [-0.3, -0.25) is 0 Å². The lowest BCUT2D eigenvalue weighted by Gasteiger charge is -1.99. The molecule has 1 aromatic carbocycles. The first kappa shape index (κ1) is 12.0. The van der Waals surface area contributed by atoms with E-state index in [2.05, 4.69) is 0 Å². The predicted octanol–water partition coefficient (Wildman–Crippen LogP) is 3.11. The van der Waals surface area contributed by atoms with Gasteiger partial charge in [-0.05, 0) is 57.3 Å². The summed E-state index contributed by atoms with van der Waals surface area (Å²) >= 11 is 3.99. The molecule has 0 aromatic heterocycles. The van der Waals surface area contributed by atoms with Crippen molar-refractivity contribution in [1.29, 1.82) is 5.26 Å². The summed E-state index contributed by atoms with van der Waals surface area (Å²) in [6.45, 7) is 0. The first-order chi connectivity index (χ1) is 5.15. The van der Waals surface area contributed by atoms with E-state index in [-0.39, 0.29) is 13.2 Å². The number of nitriles is 1. The van der Waals surface area contributed by atoms with Crippen molar-refractivity contribution < 1.29 is 5.11 Å². The highest BCUT2D eigenvalue weighted by atomic mass is 127. The van der Waals surface area contributed by atoms with Gasteiger partial charge in [0.1, 0.15) is 5.75 Å². The van der Waals surface area contributed by atoms with Crippen molar-refractivity contribution in [2.75, 3.05) is 0 Å². The van der Waals surface area contributed by atoms with Gasteiger partial charge in [-0.2, -0.15) is 5.26 Å². The molecule has 2 nitrogen and oxygen atoms in total. The minimum Gasteiger partial charge on any atom is -0.506 e. The maximum Gasteiger partial charge on any atom is 0.142 e. The smallest absolute Gasteiger partial charge is 0.142 e. The van der Waals surface area contributed by atoms with Gasteiger partial charge in [0.25, 0.3) is 0 Å². The highest BCUT2D eigenvalue weighted by Gasteiger charge is 2.04. The molecule has 0 radical (unpaired) electrons. The third-order valence-electron chi connectivity index (χ3n) is 1.15. The van der Waals surface area contributed by atoms with Crippen LogP contribution in [0.15, 0.2) is 12.1 Å². The normalized spacial score (nSPS) is 8.42. The topological polar surface area (TPSA) is 44.0 Å². The molecule has 0 unspecified atom stereocenters. The molecule has 0 amide bonds. The number of aromatic hydroxyl groups is 1. The van der Waals surface area contributed by atoms with E-state index >= 15 is 0 Å². The molecule has 0 heterocycles. The molecule has 12 heavy (non-hydrogen) atoms. The summed E-state index contributed by atoms with van der Waals surface area (Å²) in [6.07, 6.45) is 0. The number of rotatable bonds is 0. The lowest BCUT2D eigenvalue weighted by molar-refractivity contribution is 0.467. The maximum atomic E-state index is 9.30. The summed E-state index contributed by atoms with van der Waals surface area (Å²) in [6, 6.07) is 5.32. The number of halogens is 2. The maximum absolute atomic E-state index is 9.30. The molecule has 0 spiro atoms. The average Bonchev–Trinajstić information content (AvgIpc) is 1.99. The van der Waals surface area contributed by atoms with E-state index in [1.807, 2.05) is 51.3 Å². The predicted molar refractivity (Wildman–Crippen MR) is 65.0 cm³/mol. The van der Waals surface area contributed by atoms with Gasteiger partial charge in [-0.15, -0.1) is 0 Å². The Kier molecular flexibility index (Phi) is 4.85. The van der Waals surface area contributed by atoms with Gasteiger partial charge >= 0.3 is 0 Å². The minimum atomic E-state index is 0. The van der Waals surface area contributed by atoms with Crippen molar-refractivity contribution >= 4 is 45.2 Å². The lowest BCUT2D eigenvalue weighted by Crippen LogP contribution is -1.82. The largest absolute Gasteiger partial charge is 0.506 e. The van der Waals surface area contributed by atoms with Gasteiger partial charge in [0.15, 0.2) is 0 Å². The average molecular weight is 387 g/mol. The Balaban J connectivity index is 0.00000121. The zero-order chi connectivity index (χ0) is 8.43. The molecule has 0 aliphatic rings. The number of hydrogen-bond donors (Lipinski definition) is 1. The summed E-state index contributed by atoms with van der Waals surface area (Å²) in [7, 11) is 0. The highest BCUT2D eigenvalue weighted by molar-refractivity contribution is 14.1. The molecular formula is C8H7I2NO. The summed E-state index contributed by atoms with van der Waals surface area (Å²) in [5, 5.41) is 17.8. The number of nitrogens with zero attached hydrogens (tertiary/aromatic N) is 1. The SMILES string of the molecule is C.N#Cc1cc(I)c(O)c(I)c1. The highest BCUT2D eigenvalue weighted by Crippen LogP contribution is 2.26. The molecular weight excluding hydrogens is 380 g/mol. The molecule has 0 fully saturated rings. The Hall–Kier alpha value is -0.0300. The fraction of sp³-hybridized carbons (Fsp3) is 0.125. The second kappa shape index (κ2) is 4.87. The van der Waals surface area contributed by atoms with Crippen LogP contribution in [-0.4, -0.2) is 5.11 Å². The van der Waals surface area contributed by atoms with Gasteiger partial charge in [-0.25, -0.2) is 0 Å². The Bertz CT molecular complexity index is 307. The molecule has 1 N–H and O–H groups in total. The molecule has 0 saturated carbocycles. The van der Waals surface area contributed by atoms with Crippen molar-refractivity contribution in [3.8, 4) is 11.8 Å². The van der Waals surface area contributed by atoms with Crippen LogP contribution in [0.25, 0.3) is 0 Å². The standard InChI is InChI=1S/C7H3I2NO.CH4/c8-5-1-4(3-10)2-6(9)7(5)11;/h1-2,11H;1H4. The van der Waals surface area contributed by atoms with E-state index in [1.165, 1.54) is 0 Å². The molecule has 0 bridgehead atoms. The Morgan fingerprint density at radius 1 is 1.25 bits per heavy atom. The first-order valence-electron chi connectivity index (χ1n) is 2.73. The zero-order valence-electron chi connectivity index (χ0n) is 5.31. The molecule has 64 valence electrons. The summed E-state index contributed by atoms with van der Waals surface area (Å²) < 4.78 is 1.43. The second-order valence-corrected chi connectivity index (χ2v) is 4.22. The summed E-state index contributed by atoms with van der Waals surface area (Å²) in [5.41, 5.74) is 0.580. The first-order valence-corrected chi connectivity index (χ1v) is 4.89. The summed E-state index contributed by atoms with van der Waals surface area (Å²) in [4.78, 5) is 0. The molecule has 0 saturated heterocycles. The number of phenolic OH excluding ortho intramolecular Hbond substituents is 1. The van der Waals surface area contributed by atoms with Crippen LogP contribution in [0.5, 0.6) is 5.75 Å². The van der Waals surface area contributed by atoms with E-state index in [0.29, 0.717) is 12.7 Å². The number of hydrogen-bond acceptors (Lipinski definition) is 2. The van der Waals surface area contributed by atoms with Crippen LogP contribution in [0.3, 0.4) is 0 Å². The van der Waals surface area contributed by atoms with Crippen molar-refractivity contribution in [3.63, 3.8) is 0 Å². The summed E-state index contributed by atoms with van der Waals surface area (Å²) in [5.74, 6) is 0.255. The van der Waals surface area contributed by atoms with Crippen LogP contribution in [0.1, 0.15) is 13.0 Å². The molecule has 4 heteroatoms. The zero-order valence-corrected chi connectivity index (χ0v) is 9.62. The van der Waals surface area contributed by atoms with E-state index in [0.717, 1.165) is 0 Å². The molecule has 1 aromatic rings. The van der Waals surface area contributed by atoms with Crippen molar-refractivity contribution in [1.82, 2.24) is 0 Å². The van der Waals surface area contributed by atoms with Crippen molar-refractivity contribution in [2.45, 2.75) is 7.43 Å². The van der Waals surface area contributed by atoms with Crippen LogP contribution in [0.2, 0.25) is 0 Å². The fourth-order valence-corrected chi connectivity index (χ4v) is 2.40. The Morgan fingerprint density at radius 3 is 2.00 bits per heavy atom. The Morgan fingerprint density at radius 2 is 1.67 bits per heavy atom. The quantitative estimate of drug-likeness (QED) is 0.696. The minimum absolute atomic E-state index is 0. The lowest BCUT2D eigenvalue weighted by atomic mass is 10.2. The van der Waals surface area contributed by atoms with E-state index in [4.69, 9.17) is 5.26 Å². The van der Waals surface area contributed by atoms with Gasteiger partial charge < -0.3 is 5.11 Å². The molecule has 0 atom stereocenters. The molecule has 1 rings (SSSR count). The van der Waals surface area contributed by atoms with Gasteiger partial charge in [-0.1, -0.05) is 7.43 Å². The van der Waals surface area contributed by atoms with Crippen LogP contribution in [0.4, 0.5) is 0 Å². The van der Waals surface area contributed by atoms with E-state index < -0.39 is 0 Å². The third kappa shape index (κ3) is 2.48. The van der Waals surface area contributed by atoms with Crippen LogP contribution in [0, 0.1) is 18.5 Å². The van der Waals surface area contributed by atoms with Crippen molar-refractivity contribution in [2.24, 2.45) is 0 Å². The fourth-order valence-electron chi connectivity index (χ4n) is 0.630. The van der Waals surface area contributed by atoms with Gasteiger partial charge in [0, 0.05) is 0 Å². The van der Waals surface area contributed by atoms with Gasteiger partial charge in [0.05, 0.1) is 18.8 Å². The second-order valence-electron chi connectivity index (χ2n) is 1.90. The Labute approximate surface area is 98.9 Å². The van der Waals surface area contributed by atoms with E-state index in [9.17, 15) is 5.11 Å². The van der Waals surface area contributed by atoms with Gasteiger partial charge in [0.2, 0.25) is 0 Å². The van der Waals surface area contributed by atoms with E-state index in [1.54, 1.807) is 12.1 Å². The number of benzene rings is 1. The van der Waals surface area contributed by atoms with Crippen LogP contribution in [-0.2, 0) is 0 Å². The van der Waals surface area contributed by atoms with Crippen molar-refractivity contribution in [3.05, 3.63) is 24.8 Å². The van der Waals surface area contributed by atoms with Crippen LogP contribution < -0.4 is 0 Å². The monoisotopic (exact) mass is 387 g/mol. The number of phenols is 1. The third-order valence-corrected chi connectivity index (χ3v) is 2.79.